The summed E-state index contributed by atoms with van der Waals surface area (Å²) < 4.78 is 14.7. The number of fused-ring (bicyclic) bond motifs is 1. The first-order chi connectivity index (χ1) is 9.58. The minimum Gasteiger partial charge on any atom is -0.288 e. The van der Waals surface area contributed by atoms with E-state index in [9.17, 15) is 9.18 Å². The number of hydrogen-bond acceptors (Lipinski definition) is 2. The second-order valence-corrected chi connectivity index (χ2v) is 6.91. The van der Waals surface area contributed by atoms with E-state index in [1.807, 2.05) is 19.1 Å². The first-order valence-electron chi connectivity index (χ1n) is 6.06. The van der Waals surface area contributed by atoms with Crippen molar-refractivity contribution in [1.29, 1.82) is 0 Å². The fourth-order valence-electron chi connectivity index (χ4n) is 2.16. The van der Waals surface area contributed by atoms with Gasteiger partial charge in [0, 0.05) is 10.9 Å². The van der Waals surface area contributed by atoms with E-state index < -0.39 is 0 Å². The van der Waals surface area contributed by atoms with Crippen molar-refractivity contribution in [3.63, 3.8) is 0 Å². The van der Waals surface area contributed by atoms with Crippen LogP contribution in [0.4, 0.5) is 4.39 Å². The molecule has 0 aliphatic carbocycles. The van der Waals surface area contributed by atoms with E-state index in [-0.39, 0.29) is 11.6 Å². The molecule has 0 saturated heterocycles. The minimum absolute atomic E-state index is 0.0694. The molecule has 1 nitrogen and oxygen atoms in total. The molecule has 3 aromatic rings. The topological polar surface area (TPSA) is 17.1 Å². The van der Waals surface area contributed by atoms with Crippen LogP contribution in [0.25, 0.3) is 10.8 Å². The number of hydrogen-bond donors (Lipinski definition) is 0. The molecule has 0 N–H and O–H groups in total. The third kappa shape index (κ3) is 2.19. The average molecular weight is 349 g/mol. The predicted octanol–water partition coefficient (Wildman–Crippen LogP) is 5.34. The maximum absolute atomic E-state index is 13.8. The molecule has 0 aliphatic rings. The zero-order chi connectivity index (χ0) is 14.3. The van der Waals surface area contributed by atoms with E-state index >= 15 is 0 Å². The molecule has 0 fully saturated rings. The van der Waals surface area contributed by atoms with Crippen LogP contribution in [0.5, 0.6) is 0 Å². The number of carbonyl (C=O) groups is 1. The molecule has 4 heteroatoms. The number of ketones is 1. The van der Waals surface area contributed by atoms with Gasteiger partial charge in [-0.3, -0.25) is 4.79 Å². The van der Waals surface area contributed by atoms with Crippen molar-refractivity contribution in [3.05, 3.63) is 68.1 Å². The molecular formula is C16H10BrFOS. The summed E-state index contributed by atoms with van der Waals surface area (Å²) in [6, 6.07) is 11.8. The Morgan fingerprint density at radius 1 is 1.15 bits per heavy atom. The van der Waals surface area contributed by atoms with E-state index in [4.69, 9.17) is 0 Å². The first-order valence-corrected chi connectivity index (χ1v) is 7.67. The largest absolute Gasteiger partial charge is 0.288 e. The maximum Gasteiger partial charge on any atom is 0.203 e. The number of aryl methyl sites for hydroxylation is 1. The van der Waals surface area contributed by atoms with Crippen molar-refractivity contribution >= 4 is 43.8 Å². The summed E-state index contributed by atoms with van der Waals surface area (Å²) >= 11 is 4.83. The Hall–Kier alpha value is -1.52. The smallest absolute Gasteiger partial charge is 0.203 e. The van der Waals surface area contributed by atoms with E-state index in [2.05, 4.69) is 15.9 Å². The Morgan fingerprint density at radius 3 is 2.50 bits per heavy atom. The Morgan fingerprint density at radius 2 is 1.85 bits per heavy atom. The molecule has 0 amide bonds. The van der Waals surface area contributed by atoms with Crippen LogP contribution in [0.15, 0.2) is 46.3 Å². The lowest BCUT2D eigenvalue weighted by atomic mass is 10.00. The van der Waals surface area contributed by atoms with Crippen molar-refractivity contribution in [1.82, 2.24) is 0 Å². The van der Waals surface area contributed by atoms with Crippen molar-refractivity contribution in [2.24, 2.45) is 0 Å². The third-order valence-corrected chi connectivity index (χ3v) is 5.33. The highest BCUT2D eigenvalue weighted by atomic mass is 79.9. The summed E-state index contributed by atoms with van der Waals surface area (Å²) in [5, 5.41) is 1.13. The monoisotopic (exact) mass is 348 g/mol. The van der Waals surface area contributed by atoms with Gasteiger partial charge in [0.25, 0.3) is 0 Å². The number of thiophene rings is 1. The predicted molar refractivity (Wildman–Crippen MR) is 84.1 cm³/mol. The fraction of sp³-hybridized carbons (Fsp3) is 0.0625. The van der Waals surface area contributed by atoms with Gasteiger partial charge in [-0.15, -0.1) is 11.3 Å². The van der Waals surface area contributed by atoms with E-state index in [1.54, 1.807) is 24.3 Å². The molecule has 1 aromatic heterocycles. The van der Waals surface area contributed by atoms with Gasteiger partial charge in [0.1, 0.15) is 5.82 Å². The molecule has 0 spiro atoms. The van der Waals surface area contributed by atoms with Gasteiger partial charge in [-0.25, -0.2) is 4.39 Å². The lowest BCUT2D eigenvalue weighted by Gasteiger charge is -2.05. The molecule has 0 unspecified atom stereocenters. The normalized spacial score (nSPS) is 10.9. The molecule has 2 aromatic carbocycles. The molecule has 0 bridgehead atoms. The quantitative estimate of drug-likeness (QED) is 0.571. The van der Waals surface area contributed by atoms with Crippen molar-refractivity contribution < 1.29 is 9.18 Å². The Balaban J connectivity index is 2.20. The van der Waals surface area contributed by atoms with Crippen LogP contribution in [0, 0.1) is 12.7 Å². The van der Waals surface area contributed by atoms with Crippen LogP contribution in [-0.4, -0.2) is 5.78 Å². The molecular weight excluding hydrogens is 339 g/mol. The van der Waals surface area contributed by atoms with Crippen LogP contribution in [0.2, 0.25) is 0 Å². The zero-order valence-corrected chi connectivity index (χ0v) is 13.0. The Labute approximate surface area is 128 Å². The first kappa shape index (κ1) is 13.5. The highest BCUT2D eigenvalue weighted by Gasteiger charge is 2.17. The summed E-state index contributed by atoms with van der Waals surface area (Å²) in [5.41, 5.74) is 1.57. The maximum atomic E-state index is 13.8. The van der Waals surface area contributed by atoms with Crippen LogP contribution >= 0.6 is 27.3 Å². The molecule has 0 radical (unpaired) electrons. The number of carbonyl (C=O) groups excluding carboxylic acids is 1. The number of rotatable bonds is 2. The SMILES string of the molecule is Cc1cc(C(=O)c2ccc(F)c3ccccc23)sc1Br. The standard InChI is InChI=1S/C16H10BrFOS/c1-9-8-14(20-16(9)17)15(19)12-6-7-13(18)11-5-3-2-4-10(11)12/h2-8H,1H3. The molecule has 100 valence electrons. The van der Waals surface area contributed by atoms with Crippen LogP contribution < -0.4 is 0 Å². The van der Waals surface area contributed by atoms with E-state index in [0.29, 0.717) is 21.2 Å². The summed E-state index contributed by atoms with van der Waals surface area (Å²) in [6.07, 6.45) is 0. The van der Waals surface area contributed by atoms with Crippen LogP contribution in [-0.2, 0) is 0 Å². The minimum atomic E-state index is -0.305. The van der Waals surface area contributed by atoms with Gasteiger partial charge in [0.05, 0.1) is 8.66 Å². The molecule has 20 heavy (non-hydrogen) atoms. The van der Waals surface area contributed by atoms with Crippen LogP contribution in [0.1, 0.15) is 20.8 Å². The summed E-state index contributed by atoms with van der Waals surface area (Å²) in [4.78, 5) is 13.3. The summed E-state index contributed by atoms with van der Waals surface area (Å²) in [5.74, 6) is -0.374. The molecule has 3 rings (SSSR count). The zero-order valence-electron chi connectivity index (χ0n) is 10.6. The Kier molecular flexibility index (Phi) is 3.44. The van der Waals surface area contributed by atoms with Gasteiger partial charge in [0.15, 0.2) is 0 Å². The van der Waals surface area contributed by atoms with Gasteiger partial charge in [0.2, 0.25) is 5.78 Å². The van der Waals surface area contributed by atoms with Crippen molar-refractivity contribution in [3.8, 4) is 0 Å². The number of halogens is 2. The van der Waals surface area contributed by atoms with Crippen molar-refractivity contribution in [2.75, 3.05) is 0 Å². The van der Waals surface area contributed by atoms with E-state index in [1.165, 1.54) is 17.4 Å². The lowest BCUT2D eigenvalue weighted by Crippen LogP contribution is -2.00. The molecule has 1 heterocycles. The van der Waals surface area contributed by atoms with Crippen molar-refractivity contribution in [2.45, 2.75) is 6.92 Å². The molecule has 0 saturated carbocycles. The molecule has 0 atom stereocenters. The van der Waals surface area contributed by atoms with E-state index in [0.717, 1.165) is 9.35 Å². The average Bonchev–Trinajstić information content (AvgIpc) is 2.79. The van der Waals surface area contributed by atoms with Crippen LogP contribution in [0.3, 0.4) is 0 Å². The summed E-state index contributed by atoms with van der Waals surface area (Å²) in [6.45, 7) is 1.94. The highest BCUT2D eigenvalue weighted by molar-refractivity contribution is 9.11. The van der Waals surface area contributed by atoms with Gasteiger partial charge in [-0.2, -0.15) is 0 Å². The Bertz CT molecular complexity index is 803. The van der Waals surface area contributed by atoms with Gasteiger partial charge in [-0.05, 0) is 52.0 Å². The fourth-order valence-corrected chi connectivity index (χ4v) is 3.65. The number of benzene rings is 2. The second-order valence-electron chi connectivity index (χ2n) is 4.54. The highest BCUT2D eigenvalue weighted by Crippen LogP contribution is 2.31. The second kappa shape index (κ2) is 5.11. The third-order valence-electron chi connectivity index (χ3n) is 3.20. The van der Waals surface area contributed by atoms with Gasteiger partial charge >= 0.3 is 0 Å². The van der Waals surface area contributed by atoms with Gasteiger partial charge < -0.3 is 0 Å². The lowest BCUT2D eigenvalue weighted by molar-refractivity contribution is 0.104. The summed E-state index contributed by atoms with van der Waals surface area (Å²) in [7, 11) is 0. The van der Waals surface area contributed by atoms with Gasteiger partial charge in [-0.1, -0.05) is 24.3 Å². The molecule has 0 aliphatic heterocycles.